The van der Waals surface area contributed by atoms with Gasteiger partial charge in [0.1, 0.15) is 0 Å². The molecule has 0 saturated heterocycles. The largest absolute Gasteiger partial charge is 0.389 e. The van der Waals surface area contributed by atoms with Gasteiger partial charge in [-0.25, -0.2) is 8.78 Å². The van der Waals surface area contributed by atoms with E-state index in [1.807, 2.05) is 0 Å². The van der Waals surface area contributed by atoms with Gasteiger partial charge in [0.15, 0.2) is 0 Å². The zero-order valence-electron chi connectivity index (χ0n) is 15.9. The maximum absolute atomic E-state index is 13.3. The maximum Gasteiger partial charge on any atom is 0.389 e. The Kier molecular flexibility index (Phi) is 14.6. The van der Waals surface area contributed by atoms with Crippen molar-refractivity contribution in [3.8, 4) is 0 Å². The summed E-state index contributed by atoms with van der Waals surface area (Å²) in [7, 11) is 0. The van der Waals surface area contributed by atoms with Crippen LogP contribution in [-0.2, 0) is 0 Å². The van der Waals surface area contributed by atoms with Crippen LogP contribution in [0.15, 0.2) is 0 Å². The first kappa shape index (κ1) is 24.7. The summed E-state index contributed by atoms with van der Waals surface area (Å²) in [6.45, 7) is 1.79. The van der Waals surface area contributed by atoms with E-state index >= 15 is 0 Å². The summed E-state index contributed by atoms with van der Waals surface area (Å²) in [4.78, 5) is 0. The molecule has 0 rings (SSSR count). The van der Waals surface area contributed by atoms with Crippen molar-refractivity contribution in [3.63, 3.8) is 0 Å². The van der Waals surface area contributed by atoms with Gasteiger partial charge < -0.3 is 0 Å². The van der Waals surface area contributed by atoms with Gasteiger partial charge >= 0.3 is 6.18 Å². The van der Waals surface area contributed by atoms with Crippen LogP contribution in [0.1, 0.15) is 116 Å². The summed E-state index contributed by atoms with van der Waals surface area (Å²) in [5.74, 6) is -2.47. The normalized spacial score (nSPS) is 12.7. The first-order valence-corrected chi connectivity index (χ1v) is 10.2. The molecule has 0 aromatic rings. The van der Waals surface area contributed by atoms with Crippen molar-refractivity contribution in [2.24, 2.45) is 0 Å². The third-order valence-electron chi connectivity index (χ3n) is 4.62. The Labute approximate surface area is 151 Å². The van der Waals surface area contributed by atoms with Crippen molar-refractivity contribution in [2.45, 2.75) is 128 Å². The zero-order valence-corrected chi connectivity index (χ0v) is 15.9. The van der Waals surface area contributed by atoms with Crippen molar-refractivity contribution in [2.75, 3.05) is 0 Å². The van der Waals surface area contributed by atoms with Gasteiger partial charge in [0.05, 0.1) is 0 Å². The van der Waals surface area contributed by atoms with Crippen LogP contribution < -0.4 is 0 Å². The van der Waals surface area contributed by atoms with Gasteiger partial charge in [-0.3, -0.25) is 0 Å². The van der Waals surface area contributed by atoms with Gasteiger partial charge in [-0.1, -0.05) is 84.0 Å². The molecule has 0 unspecified atom stereocenters. The molecule has 0 aliphatic rings. The van der Waals surface area contributed by atoms with Crippen LogP contribution in [0.2, 0.25) is 0 Å². The van der Waals surface area contributed by atoms with E-state index in [1.165, 1.54) is 12.8 Å². The van der Waals surface area contributed by atoms with Crippen molar-refractivity contribution in [3.05, 3.63) is 0 Å². The fourth-order valence-corrected chi connectivity index (χ4v) is 3.14. The predicted octanol–water partition coefficient (Wildman–Crippen LogP) is 8.84. The lowest BCUT2D eigenvalue weighted by Gasteiger charge is -2.14. The molecule has 0 aromatic carbocycles. The lowest BCUT2D eigenvalue weighted by Crippen LogP contribution is -2.14. The number of hydrogen-bond acceptors (Lipinski definition) is 0. The topological polar surface area (TPSA) is 0 Å². The monoisotopic (exact) mass is 372 g/mol. The molecule has 0 atom stereocenters. The minimum atomic E-state index is -4.00. The molecule has 0 spiro atoms. The molecular weight excluding hydrogens is 335 g/mol. The van der Waals surface area contributed by atoms with Crippen LogP contribution in [0.4, 0.5) is 22.0 Å². The van der Waals surface area contributed by atoms with Crippen molar-refractivity contribution in [1.29, 1.82) is 0 Å². The SMILES string of the molecule is CCCC(F)(F)CCCCCCCCCCCCCCCC(F)(F)F. The molecular formula is C20H37F5. The quantitative estimate of drug-likeness (QED) is 0.177. The van der Waals surface area contributed by atoms with E-state index < -0.39 is 18.5 Å². The second-order valence-corrected chi connectivity index (χ2v) is 7.32. The van der Waals surface area contributed by atoms with Crippen molar-refractivity contribution in [1.82, 2.24) is 0 Å². The number of hydrogen-bond donors (Lipinski definition) is 0. The van der Waals surface area contributed by atoms with Crippen molar-refractivity contribution < 1.29 is 22.0 Å². The second-order valence-electron chi connectivity index (χ2n) is 7.32. The van der Waals surface area contributed by atoms with Gasteiger partial charge in [-0.15, -0.1) is 0 Å². The third kappa shape index (κ3) is 19.8. The molecule has 5 heteroatoms. The van der Waals surface area contributed by atoms with Crippen LogP contribution in [0, 0.1) is 0 Å². The first-order chi connectivity index (χ1) is 11.8. The second kappa shape index (κ2) is 14.8. The van der Waals surface area contributed by atoms with Crippen LogP contribution in [0.3, 0.4) is 0 Å². The standard InChI is InChI=1S/C20H37F5/c1-2-16-19(21,22)17-14-12-10-8-6-4-3-5-7-9-11-13-15-18-20(23,24)25/h2-18H2,1H3. The summed E-state index contributed by atoms with van der Waals surface area (Å²) in [6, 6.07) is 0. The van der Waals surface area contributed by atoms with E-state index in [-0.39, 0.29) is 19.3 Å². The highest BCUT2D eigenvalue weighted by Gasteiger charge is 2.26. The van der Waals surface area contributed by atoms with E-state index in [0.29, 0.717) is 19.3 Å². The summed E-state index contributed by atoms with van der Waals surface area (Å²) < 4.78 is 62.4. The van der Waals surface area contributed by atoms with Gasteiger partial charge in [0.25, 0.3) is 0 Å². The van der Waals surface area contributed by atoms with E-state index in [4.69, 9.17) is 0 Å². The number of rotatable bonds is 17. The molecule has 0 aliphatic carbocycles. The molecule has 0 saturated carbocycles. The van der Waals surface area contributed by atoms with Gasteiger partial charge in [0, 0.05) is 19.3 Å². The van der Waals surface area contributed by atoms with Gasteiger partial charge in [-0.2, -0.15) is 13.2 Å². The number of alkyl halides is 5. The molecule has 0 amide bonds. The average Bonchev–Trinajstić information content (AvgIpc) is 2.50. The average molecular weight is 373 g/mol. The van der Waals surface area contributed by atoms with Crippen LogP contribution >= 0.6 is 0 Å². The molecule has 0 N–H and O–H groups in total. The minimum absolute atomic E-state index is 0.00925. The highest BCUT2D eigenvalue weighted by Crippen LogP contribution is 2.27. The summed E-state index contributed by atoms with van der Waals surface area (Å²) in [5.41, 5.74) is 0. The lowest BCUT2D eigenvalue weighted by atomic mass is 10.0. The number of unbranched alkanes of at least 4 members (excludes halogenated alkanes) is 12. The Balaban J connectivity index is 3.17. The Bertz CT molecular complexity index is 286. The summed E-state index contributed by atoms with van der Waals surface area (Å²) in [6.07, 6.45) is 8.28. The minimum Gasteiger partial charge on any atom is -0.207 e. The Hall–Kier alpha value is -0.350. The summed E-state index contributed by atoms with van der Waals surface area (Å²) >= 11 is 0. The molecule has 0 aromatic heterocycles. The van der Waals surface area contributed by atoms with E-state index in [1.54, 1.807) is 6.92 Å². The Morgan fingerprint density at radius 2 is 0.760 bits per heavy atom. The summed E-state index contributed by atoms with van der Waals surface area (Å²) in [5, 5.41) is 0. The van der Waals surface area contributed by atoms with Gasteiger partial charge in [0.2, 0.25) is 5.92 Å². The Morgan fingerprint density at radius 3 is 1.08 bits per heavy atom. The molecule has 0 heterocycles. The van der Waals surface area contributed by atoms with Crippen LogP contribution in [0.5, 0.6) is 0 Å². The molecule has 0 fully saturated rings. The highest BCUT2D eigenvalue weighted by atomic mass is 19.4. The van der Waals surface area contributed by atoms with E-state index in [9.17, 15) is 22.0 Å². The maximum atomic E-state index is 13.3. The zero-order chi connectivity index (χ0) is 19.0. The van der Waals surface area contributed by atoms with Crippen LogP contribution in [-0.4, -0.2) is 12.1 Å². The fourth-order valence-electron chi connectivity index (χ4n) is 3.14. The Morgan fingerprint density at radius 1 is 0.440 bits per heavy atom. The molecule has 152 valence electrons. The van der Waals surface area contributed by atoms with Crippen LogP contribution in [0.25, 0.3) is 0 Å². The predicted molar refractivity (Wildman–Crippen MR) is 95.2 cm³/mol. The van der Waals surface area contributed by atoms with E-state index in [0.717, 1.165) is 51.4 Å². The van der Waals surface area contributed by atoms with Gasteiger partial charge in [-0.05, 0) is 12.8 Å². The fraction of sp³-hybridized carbons (Fsp3) is 1.00. The highest BCUT2D eigenvalue weighted by molar-refractivity contribution is 4.65. The molecule has 0 bridgehead atoms. The third-order valence-corrected chi connectivity index (χ3v) is 4.62. The smallest absolute Gasteiger partial charge is 0.207 e. The first-order valence-electron chi connectivity index (χ1n) is 10.2. The molecule has 25 heavy (non-hydrogen) atoms. The molecule has 0 nitrogen and oxygen atoms in total. The molecule has 0 aliphatic heterocycles. The lowest BCUT2D eigenvalue weighted by molar-refractivity contribution is -0.135. The number of halogens is 5. The van der Waals surface area contributed by atoms with E-state index in [2.05, 4.69) is 0 Å². The molecule has 0 radical (unpaired) electrons. The van der Waals surface area contributed by atoms with Crippen molar-refractivity contribution >= 4 is 0 Å².